The van der Waals surface area contributed by atoms with Gasteiger partial charge in [0.05, 0.1) is 28.4 Å². The average molecular weight is 624 g/mol. The molecule has 2 aliphatic rings. The second kappa shape index (κ2) is 13.2. The quantitative estimate of drug-likeness (QED) is 0.266. The molecule has 44 heavy (non-hydrogen) atoms. The number of nitrogens with zero attached hydrogens (tertiary/aromatic N) is 2. The summed E-state index contributed by atoms with van der Waals surface area (Å²) >= 11 is 6.43. The van der Waals surface area contributed by atoms with E-state index in [1.165, 1.54) is 0 Å². The Hall–Kier alpha value is -4.25. The Morgan fingerprint density at radius 2 is 1.77 bits per heavy atom. The van der Waals surface area contributed by atoms with Crippen LogP contribution >= 0.6 is 11.6 Å². The lowest BCUT2D eigenvalue weighted by atomic mass is 9.98. The third kappa shape index (κ3) is 8.02. The SMILES string of the molecule is CNC(=O)c1cc2c(Oc3ccc(NC(=O)NC4CC4)c(Cl)c3)ccnc2cc1OCC1CCN(C(=O)OC(C)(C)C)CC1. The Morgan fingerprint density at radius 1 is 1.02 bits per heavy atom. The van der Waals surface area contributed by atoms with Crippen molar-refractivity contribution in [3.05, 3.63) is 53.2 Å². The summed E-state index contributed by atoms with van der Waals surface area (Å²) in [4.78, 5) is 43.6. The third-order valence-corrected chi connectivity index (χ3v) is 7.66. The van der Waals surface area contributed by atoms with Gasteiger partial charge in [-0.15, -0.1) is 0 Å². The number of carbonyl (C=O) groups is 3. The number of hydrogen-bond acceptors (Lipinski definition) is 7. The van der Waals surface area contributed by atoms with E-state index in [1.54, 1.807) is 54.5 Å². The minimum absolute atomic E-state index is 0.214. The number of carbonyl (C=O) groups excluding carboxylic acids is 3. The van der Waals surface area contributed by atoms with Crippen LogP contribution in [0.1, 0.15) is 56.8 Å². The molecule has 1 aromatic heterocycles. The normalized spacial score (nSPS) is 15.4. The van der Waals surface area contributed by atoms with Gasteiger partial charge in [-0.3, -0.25) is 9.78 Å². The lowest BCUT2D eigenvalue weighted by molar-refractivity contribution is 0.0164. The molecule has 234 valence electrons. The molecular weight excluding hydrogens is 586 g/mol. The molecule has 0 bridgehead atoms. The molecule has 1 aliphatic carbocycles. The maximum atomic E-state index is 12.9. The van der Waals surface area contributed by atoms with Gasteiger partial charge in [0.15, 0.2) is 0 Å². The molecule has 5 rings (SSSR count). The van der Waals surface area contributed by atoms with Crippen molar-refractivity contribution in [2.24, 2.45) is 5.92 Å². The molecule has 0 radical (unpaired) electrons. The van der Waals surface area contributed by atoms with Crippen LogP contribution in [0.5, 0.6) is 17.2 Å². The number of piperidine rings is 1. The number of urea groups is 1. The Labute approximate surface area is 261 Å². The van der Waals surface area contributed by atoms with Crippen LogP contribution in [0.25, 0.3) is 10.9 Å². The highest BCUT2D eigenvalue weighted by Gasteiger charge is 2.28. The van der Waals surface area contributed by atoms with E-state index >= 15 is 0 Å². The molecule has 3 N–H and O–H groups in total. The van der Waals surface area contributed by atoms with E-state index < -0.39 is 5.60 Å². The number of amides is 4. The first kappa shape index (κ1) is 31.2. The fourth-order valence-electron chi connectivity index (χ4n) is 4.84. The second-order valence-corrected chi connectivity index (χ2v) is 12.5. The monoisotopic (exact) mass is 623 g/mol. The number of fused-ring (bicyclic) bond motifs is 1. The number of ether oxygens (including phenoxy) is 3. The molecule has 2 heterocycles. The molecule has 12 heteroatoms. The highest BCUT2D eigenvalue weighted by atomic mass is 35.5. The zero-order valence-electron chi connectivity index (χ0n) is 25.4. The van der Waals surface area contributed by atoms with Crippen molar-refractivity contribution in [1.29, 1.82) is 0 Å². The molecule has 11 nitrogen and oxygen atoms in total. The molecule has 0 spiro atoms. The Bertz CT molecular complexity index is 1550. The van der Waals surface area contributed by atoms with Crippen LogP contribution in [0.2, 0.25) is 5.02 Å². The van der Waals surface area contributed by atoms with Crippen molar-refractivity contribution in [3.8, 4) is 17.2 Å². The van der Waals surface area contributed by atoms with Gasteiger partial charge >= 0.3 is 12.1 Å². The number of rotatable bonds is 8. The molecule has 1 aliphatic heterocycles. The first-order chi connectivity index (χ1) is 21.0. The zero-order chi connectivity index (χ0) is 31.4. The van der Waals surface area contributed by atoms with Crippen LogP contribution in [-0.2, 0) is 4.74 Å². The predicted molar refractivity (Wildman–Crippen MR) is 168 cm³/mol. The smallest absolute Gasteiger partial charge is 0.410 e. The maximum Gasteiger partial charge on any atom is 0.410 e. The maximum absolute atomic E-state index is 12.9. The third-order valence-electron chi connectivity index (χ3n) is 7.34. The fraction of sp³-hybridized carbons (Fsp3) is 0.438. The highest BCUT2D eigenvalue weighted by molar-refractivity contribution is 6.33. The molecule has 0 unspecified atom stereocenters. The highest BCUT2D eigenvalue weighted by Crippen LogP contribution is 2.36. The predicted octanol–water partition coefficient (Wildman–Crippen LogP) is 6.35. The summed E-state index contributed by atoms with van der Waals surface area (Å²) in [6.45, 7) is 7.12. The Morgan fingerprint density at radius 3 is 2.43 bits per heavy atom. The molecule has 3 aromatic rings. The van der Waals surface area contributed by atoms with Gasteiger partial charge in [-0.25, -0.2) is 9.59 Å². The second-order valence-electron chi connectivity index (χ2n) is 12.1. The summed E-state index contributed by atoms with van der Waals surface area (Å²) < 4.78 is 17.9. The summed E-state index contributed by atoms with van der Waals surface area (Å²) in [5.74, 6) is 1.25. The van der Waals surface area contributed by atoms with Gasteiger partial charge in [-0.1, -0.05) is 11.6 Å². The number of pyridine rings is 1. The number of halogens is 1. The summed E-state index contributed by atoms with van der Waals surface area (Å²) in [6, 6.07) is 10.1. The number of nitrogens with one attached hydrogen (secondary N) is 3. The standard InChI is InChI=1S/C32H38ClN5O6/c1-32(2,3)44-31(41)38-13-10-19(11-14-38)18-42-28-17-26-22(16-23(28)29(39)34-4)27(9-12-35-26)43-21-7-8-25(24(33)15-21)37-30(40)36-20-5-6-20/h7-9,12,15-17,19-20H,5-6,10-11,13-14,18H2,1-4H3,(H,34,39)(H2,36,37,40). The molecule has 0 atom stereocenters. The van der Waals surface area contributed by atoms with E-state index in [4.69, 9.17) is 25.8 Å². The number of anilines is 1. The van der Waals surface area contributed by atoms with Crippen LogP contribution < -0.4 is 25.4 Å². The topological polar surface area (TPSA) is 131 Å². The van der Waals surface area contributed by atoms with Crippen LogP contribution in [0, 0.1) is 5.92 Å². The minimum atomic E-state index is -0.536. The van der Waals surface area contributed by atoms with Crippen molar-refractivity contribution in [1.82, 2.24) is 20.5 Å². The van der Waals surface area contributed by atoms with Gasteiger partial charge in [0.1, 0.15) is 22.8 Å². The number of hydrogen-bond donors (Lipinski definition) is 3. The molecule has 2 aromatic carbocycles. The number of benzene rings is 2. The van der Waals surface area contributed by atoms with E-state index in [-0.39, 0.29) is 30.0 Å². The first-order valence-corrected chi connectivity index (χ1v) is 15.2. The fourth-order valence-corrected chi connectivity index (χ4v) is 5.06. The largest absolute Gasteiger partial charge is 0.492 e. The Balaban J connectivity index is 1.28. The van der Waals surface area contributed by atoms with Crippen molar-refractivity contribution >= 4 is 46.2 Å². The first-order valence-electron chi connectivity index (χ1n) is 14.8. The molecule has 2 fully saturated rings. The van der Waals surface area contributed by atoms with Crippen LogP contribution in [-0.4, -0.2) is 66.3 Å². The van der Waals surface area contributed by atoms with Crippen molar-refractivity contribution in [3.63, 3.8) is 0 Å². The number of likely N-dealkylation sites (tertiary alicyclic amines) is 1. The van der Waals surface area contributed by atoms with Crippen LogP contribution in [0.15, 0.2) is 42.6 Å². The van der Waals surface area contributed by atoms with Gasteiger partial charge in [0.25, 0.3) is 5.91 Å². The summed E-state index contributed by atoms with van der Waals surface area (Å²) in [6.07, 6.45) is 4.82. The summed E-state index contributed by atoms with van der Waals surface area (Å²) in [7, 11) is 1.56. The van der Waals surface area contributed by atoms with Crippen LogP contribution in [0.4, 0.5) is 15.3 Å². The molecule has 1 saturated heterocycles. The lowest BCUT2D eigenvalue weighted by Crippen LogP contribution is -2.42. The van der Waals surface area contributed by atoms with Gasteiger partial charge in [0.2, 0.25) is 0 Å². The summed E-state index contributed by atoms with van der Waals surface area (Å²) in [5, 5.41) is 9.24. The molecule has 4 amide bonds. The van der Waals surface area contributed by atoms with E-state index in [1.807, 2.05) is 20.8 Å². The summed E-state index contributed by atoms with van der Waals surface area (Å²) in [5.41, 5.74) is 0.872. The van der Waals surface area contributed by atoms with Gasteiger partial charge in [0, 0.05) is 49.9 Å². The Kier molecular flexibility index (Phi) is 9.33. The van der Waals surface area contributed by atoms with Crippen LogP contribution in [0.3, 0.4) is 0 Å². The van der Waals surface area contributed by atoms with Gasteiger partial charge < -0.3 is 35.1 Å². The van der Waals surface area contributed by atoms with E-state index in [2.05, 4.69) is 20.9 Å². The van der Waals surface area contributed by atoms with Gasteiger partial charge in [-0.2, -0.15) is 0 Å². The van der Waals surface area contributed by atoms with Crippen molar-refractivity contribution in [2.75, 3.05) is 32.1 Å². The van der Waals surface area contributed by atoms with E-state index in [9.17, 15) is 14.4 Å². The van der Waals surface area contributed by atoms with Crippen molar-refractivity contribution in [2.45, 2.75) is 58.1 Å². The van der Waals surface area contributed by atoms with E-state index in [0.717, 1.165) is 25.7 Å². The van der Waals surface area contributed by atoms with E-state index in [0.29, 0.717) is 64.1 Å². The number of aromatic nitrogens is 1. The molecule has 1 saturated carbocycles. The van der Waals surface area contributed by atoms with Crippen molar-refractivity contribution < 1.29 is 28.6 Å². The zero-order valence-corrected chi connectivity index (χ0v) is 26.1. The lowest BCUT2D eigenvalue weighted by Gasteiger charge is -2.33. The van der Waals surface area contributed by atoms with Gasteiger partial charge in [-0.05, 0) is 76.6 Å². The molecular formula is C32H38ClN5O6. The average Bonchev–Trinajstić information content (AvgIpc) is 3.80. The minimum Gasteiger partial charge on any atom is -0.492 e.